The Bertz CT molecular complexity index is 309. The second-order valence-electron chi connectivity index (χ2n) is 4.75. The van der Waals surface area contributed by atoms with Gasteiger partial charge in [0.2, 0.25) is 0 Å². The molecule has 2 bridgehead atoms. The Morgan fingerprint density at radius 3 is 3.00 bits per heavy atom. The fourth-order valence-corrected chi connectivity index (χ4v) is 3.42. The summed E-state index contributed by atoms with van der Waals surface area (Å²) in [6.07, 6.45) is 9.06. The second-order valence-corrected chi connectivity index (χ2v) is 4.75. The number of fused-ring (bicyclic) bond motifs is 3. The van der Waals surface area contributed by atoms with E-state index in [2.05, 4.69) is 12.2 Å². The van der Waals surface area contributed by atoms with E-state index in [-0.39, 0.29) is 11.8 Å². The van der Waals surface area contributed by atoms with Gasteiger partial charge in [-0.2, -0.15) is 0 Å². The lowest BCUT2D eigenvalue weighted by atomic mass is 9.65. The van der Waals surface area contributed by atoms with Gasteiger partial charge in [0.15, 0.2) is 0 Å². The smallest absolute Gasteiger partial charge is 0.139 e. The number of rotatable bonds is 0. The summed E-state index contributed by atoms with van der Waals surface area (Å²) in [5, 5.41) is 0. The molecule has 1 nitrogen and oxygen atoms in total. The molecule has 3 rings (SSSR count). The summed E-state index contributed by atoms with van der Waals surface area (Å²) in [5.41, 5.74) is -0.252. The van der Waals surface area contributed by atoms with Crippen molar-refractivity contribution in [1.82, 2.24) is 0 Å². The van der Waals surface area contributed by atoms with Crippen LogP contribution < -0.4 is 0 Å². The SMILES string of the molecule is [2H]C1CCCC(=O)C12CC1C=CC2C1. The number of allylic oxidation sites excluding steroid dienone is 2. The normalized spacial score (nSPS) is 54.6. The Morgan fingerprint density at radius 1 is 1.46 bits per heavy atom. The molecule has 4 unspecified atom stereocenters. The lowest BCUT2D eigenvalue weighted by Crippen LogP contribution is -2.37. The molecule has 0 radical (unpaired) electrons. The molecule has 70 valence electrons. The minimum absolute atomic E-state index is 0.122. The van der Waals surface area contributed by atoms with Crippen LogP contribution in [0.2, 0.25) is 0 Å². The van der Waals surface area contributed by atoms with E-state index in [1.807, 2.05) is 0 Å². The van der Waals surface area contributed by atoms with Crippen LogP contribution in [0.5, 0.6) is 0 Å². The zero-order chi connectivity index (χ0) is 9.76. The largest absolute Gasteiger partial charge is 0.299 e. The van der Waals surface area contributed by atoms with Crippen LogP contribution in [0.25, 0.3) is 0 Å². The molecule has 2 fully saturated rings. The quantitative estimate of drug-likeness (QED) is 0.520. The van der Waals surface area contributed by atoms with E-state index in [0.717, 1.165) is 32.1 Å². The fourth-order valence-electron chi connectivity index (χ4n) is 3.42. The van der Waals surface area contributed by atoms with E-state index in [1.54, 1.807) is 0 Å². The number of hydrogen-bond acceptors (Lipinski definition) is 1. The van der Waals surface area contributed by atoms with Crippen molar-refractivity contribution in [3.63, 3.8) is 0 Å². The molecule has 0 saturated heterocycles. The molecule has 13 heavy (non-hydrogen) atoms. The van der Waals surface area contributed by atoms with Crippen molar-refractivity contribution in [2.75, 3.05) is 0 Å². The average Bonchev–Trinajstić information content (AvgIpc) is 2.74. The number of carbonyl (C=O) groups is 1. The molecule has 0 aromatic carbocycles. The van der Waals surface area contributed by atoms with Gasteiger partial charge < -0.3 is 0 Å². The maximum absolute atomic E-state index is 12.1. The molecule has 0 aliphatic heterocycles. The lowest BCUT2D eigenvalue weighted by molar-refractivity contribution is -0.132. The van der Waals surface area contributed by atoms with Gasteiger partial charge in [-0.15, -0.1) is 0 Å². The summed E-state index contributed by atoms with van der Waals surface area (Å²) in [6.45, 7) is 0. The van der Waals surface area contributed by atoms with E-state index in [1.165, 1.54) is 0 Å². The van der Waals surface area contributed by atoms with Crippen molar-refractivity contribution >= 4 is 5.78 Å². The van der Waals surface area contributed by atoms with E-state index in [4.69, 9.17) is 1.37 Å². The highest BCUT2D eigenvalue weighted by Crippen LogP contribution is 2.57. The van der Waals surface area contributed by atoms with Crippen LogP contribution in [0.1, 0.15) is 39.9 Å². The van der Waals surface area contributed by atoms with Crippen molar-refractivity contribution in [3.8, 4) is 0 Å². The summed E-state index contributed by atoms with van der Waals surface area (Å²) in [7, 11) is 0. The average molecular weight is 177 g/mol. The Labute approximate surface area is 80.6 Å². The van der Waals surface area contributed by atoms with Crippen LogP contribution in [0, 0.1) is 17.3 Å². The third kappa shape index (κ3) is 0.905. The van der Waals surface area contributed by atoms with Gasteiger partial charge in [0, 0.05) is 13.2 Å². The van der Waals surface area contributed by atoms with Gasteiger partial charge in [0.1, 0.15) is 5.78 Å². The molecule has 3 aliphatic carbocycles. The number of hydrogen-bond donors (Lipinski definition) is 0. The standard InChI is InChI=1S/C12H16O/c13-11-3-1-2-6-12(11)8-9-4-5-10(12)7-9/h4-5,9-10H,1-3,6-8H2/i6D. The highest BCUT2D eigenvalue weighted by molar-refractivity contribution is 5.86. The summed E-state index contributed by atoms with van der Waals surface area (Å²) >= 11 is 0. The summed E-state index contributed by atoms with van der Waals surface area (Å²) in [6, 6.07) is 0. The van der Waals surface area contributed by atoms with E-state index >= 15 is 0 Å². The van der Waals surface area contributed by atoms with Gasteiger partial charge in [-0.05, 0) is 37.5 Å². The molecule has 0 aromatic rings. The predicted molar refractivity (Wildman–Crippen MR) is 51.3 cm³/mol. The van der Waals surface area contributed by atoms with E-state index in [0.29, 0.717) is 17.6 Å². The minimum atomic E-state index is -0.252. The van der Waals surface area contributed by atoms with Gasteiger partial charge in [0.05, 0.1) is 0 Å². The van der Waals surface area contributed by atoms with Crippen LogP contribution in [0.15, 0.2) is 12.2 Å². The van der Waals surface area contributed by atoms with Gasteiger partial charge in [-0.3, -0.25) is 4.79 Å². The lowest BCUT2D eigenvalue weighted by Gasteiger charge is -2.37. The van der Waals surface area contributed by atoms with E-state index in [9.17, 15) is 4.79 Å². The maximum Gasteiger partial charge on any atom is 0.139 e. The summed E-state index contributed by atoms with van der Waals surface area (Å²) < 4.78 is 8.15. The zero-order valence-electron chi connectivity index (χ0n) is 8.83. The Hall–Kier alpha value is -0.590. The van der Waals surface area contributed by atoms with E-state index < -0.39 is 0 Å². The summed E-state index contributed by atoms with van der Waals surface area (Å²) in [5.74, 6) is 1.40. The first kappa shape index (κ1) is 6.80. The maximum atomic E-state index is 12.1. The number of carbonyl (C=O) groups excluding carboxylic acids is 1. The molecule has 1 spiro atoms. The highest BCUT2D eigenvalue weighted by Gasteiger charge is 2.52. The number of ketones is 1. The van der Waals surface area contributed by atoms with Crippen LogP contribution in [0.3, 0.4) is 0 Å². The Balaban J connectivity index is 2.01. The molecular weight excluding hydrogens is 160 g/mol. The molecule has 1 heteroatoms. The monoisotopic (exact) mass is 177 g/mol. The predicted octanol–water partition coefficient (Wildman–Crippen LogP) is 2.71. The van der Waals surface area contributed by atoms with Crippen molar-refractivity contribution < 1.29 is 6.17 Å². The molecule has 0 aromatic heterocycles. The van der Waals surface area contributed by atoms with Crippen LogP contribution in [-0.2, 0) is 4.79 Å². The van der Waals surface area contributed by atoms with Crippen LogP contribution in [-0.4, -0.2) is 5.78 Å². The first-order valence-corrected chi connectivity index (χ1v) is 5.37. The van der Waals surface area contributed by atoms with Crippen molar-refractivity contribution in [2.45, 2.75) is 38.5 Å². The van der Waals surface area contributed by atoms with Crippen molar-refractivity contribution in [1.29, 1.82) is 0 Å². The molecule has 2 saturated carbocycles. The molecular formula is C12H16O. The summed E-state index contributed by atoms with van der Waals surface area (Å²) in [4.78, 5) is 12.1. The molecule has 0 N–H and O–H groups in total. The number of Topliss-reactive ketones (excluding diaryl/α,β-unsaturated/α-hetero) is 1. The van der Waals surface area contributed by atoms with Gasteiger partial charge >= 0.3 is 0 Å². The van der Waals surface area contributed by atoms with Crippen molar-refractivity contribution in [2.24, 2.45) is 17.3 Å². The van der Waals surface area contributed by atoms with Gasteiger partial charge in [-0.1, -0.05) is 18.6 Å². The molecule has 4 atom stereocenters. The van der Waals surface area contributed by atoms with Gasteiger partial charge in [0.25, 0.3) is 0 Å². The third-order valence-corrected chi connectivity index (χ3v) is 4.07. The second kappa shape index (κ2) is 2.46. The Kier molecular flexibility index (Phi) is 1.29. The van der Waals surface area contributed by atoms with Crippen LogP contribution in [0.4, 0.5) is 0 Å². The minimum Gasteiger partial charge on any atom is -0.299 e. The van der Waals surface area contributed by atoms with Crippen molar-refractivity contribution in [3.05, 3.63) is 12.2 Å². The van der Waals surface area contributed by atoms with Gasteiger partial charge in [-0.25, -0.2) is 0 Å². The fraction of sp³-hybridized carbons (Fsp3) is 0.750. The Morgan fingerprint density at radius 2 is 2.38 bits per heavy atom. The topological polar surface area (TPSA) is 17.1 Å². The first-order chi connectivity index (χ1) is 6.73. The van der Waals surface area contributed by atoms with Crippen LogP contribution >= 0.6 is 0 Å². The molecule has 0 heterocycles. The molecule has 0 amide bonds. The molecule has 3 aliphatic rings. The first-order valence-electron chi connectivity index (χ1n) is 5.95. The highest BCUT2D eigenvalue weighted by atomic mass is 16.1. The zero-order valence-corrected chi connectivity index (χ0v) is 7.83. The third-order valence-electron chi connectivity index (χ3n) is 4.07.